The van der Waals surface area contributed by atoms with E-state index in [4.69, 9.17) is 0 Å². The lowest BCUT2D eigenvalue weighted by Crippen LogP contribution is -2.12. The quantitative estimate of drug-likeness (QED) is 0.944. The van der Waals surface area contributed by atoms with Crippen molar-refractivity contribution in [3.05, 3.63) is 39.9 Å². The van der Waals surface area contributed by atoms with Gasteiger partial charge in [0.15, 0.2) is 0 Å². The van der Waals surface area contributed by atoms with Crippen LogP contribution in [0.1, 0.15) is 24.1 Å². The average Bonchev–Trinajstić information content (AvgIpc) is 2.67. The average molecular weight is 309 g/mol. The van der Waals surface area contributed by atoms with Crippen molar-refractivity contribution < 1.29 is 0 Å². The fraction of sp³-hybridized carbons (Fsp3) is 0.385. The van der Waals surface area contributed by atoms with Crippen molar-refractivity contribution in [2.45, 2.75) is 27.3 Å². The van der Waals surface area contributed by atoms with E-state index >= 15 is 0 Å². The first-order chi connectivity index (χ1) is 8.61. The summed E-state index contributed by atoms with van der Waals surface area (Å²) in [6.07, 6.45) is 0. The fourth-order valence-corrected chi connectivity index (χ4v) is 2.34. The molecule has 0 fully saturated rings. The Kier molecular flexibility index (Phi) is 4.14. The van der Waals surface area contributed by atoms with Crippen LogP contribution < -0.4 is 5.32 Å². The number of nitrogens with zero attached hydrogens (tertiary/aromatic N) is 3. The number of nitrogens with one attached hydrogen (secondary N) is 1. The van der Waals surface area contributed by atoms with Gasteiger partial charge in [-0.2, -0.15) is 5.10 Å². The summed E-state index contributed by atoms with van der Waals surface area (Å²) < 4.78 is 2.95. The van der Waals surface area contributed by atoms with Crippen molar-refractivity contribution in [1.29, 1.82) is 0 Å². The number of aryl methyl sites for hydroxylation is 2. The zero-order valence-electron chi connectivity index (χ0n) is 10.9. The SMILES string of the molecule is CCNCc1ccc(-n2nc(C)nc2C)cc1Br. The van der Waals surface area contributed by atoms with E-state index in [1.807, 2.05) is 18.5 Å². The minimum atomic E-state index is 0.792. The highest BCUT2D eigenvalue weighted by molar-refractivity contribution is 9.10. The normalized spacial score (nSPS) is 10.9. The van der Waals surface area contributed by atoms with Crippen LogP contribution in [0.2, 0.25) is 0 Å². The van der Waals surface area contributed by atoms with Gasteiger partial charge in [-0.15, -0.1) is 0 Å². The van der Waals surface area contributed by atoms with Crippen LogP contribution in [0.5, 0.6) is 0 Å². The van der Waals surface area contributed by atoms with Gasteiger partial charge < -0.3 is 5.32 Å². The molecule has 96 valence electrons. The van der Waals surface area contributed by atoms with Gasteiger partial charge in [0.2, 0.25) is 0 Å². The predicted octanol–water partition coefficient (Wildman–Crippen LogP) is 2.76. The maximum Gasteiger partial charge on any atom is 0.148 e. The van der Waals surface area contributed by atoms with E-state index in [0.29, 0.717) is 0 Å². The molecule has 0 unspecified atom stereocenters. The molecule has 2 rings (SSSR count). The summed E-state index contributed by atoms with van der Waals surface area (Å²) in [7, 11) is 0. The van der Waals surface area contributed by atoms with Crippen LogP contribution in [0.25, 0.3) is 5.69 Å². The van der Waals surface area contributed by atoms with Crippen LogP contribution in [-0.2, 0) is 6.54 Å². The summed E-state index contributed by atoms with van der Waals surface area (Å²) >= 11 is 3.60. The molecular weight excluding hydrogens is 292 g/mol. The third-order valence-corrected chi connectivity index (χ3v) is 3.46. The smallest absolute Gasteiger partial charge is 0.148 e. The standard InChI is InChI=1S/C13H17BrN4/c1-4-15-8-11-5-6-12(7-13(11)14)18-10(3)16-9(2)17-18/h5-7,15H,4,8H2,1-3H3. The van der Waals surface area contributed by atoms with E-state index in [1.54, 1.807) is 0 Å². The lowest BCUT2D eigenvalue weighted by Gasteiger charge is -2.08. The van der Waals surface area contributed by atoms with Gasteiger partial charge in [0.25, 0.3) is 0 Å². The molecule has 18 heavy (non-hydrogen) atoms. The highest BCUT2D eigenvalue weighted by Gasteiger charge is 2.07. The summed E-state index contributed by atoms with van der Waals surface area (Å²) in [4.78, 5) is 4.31. The Hall–Kier alpha value is -1.20. The van der Waals surface area contributed by atoms with Crippen LogP contribution in [0.4, 0.5) is 0 Å². The number of hydrogen-bond donors (Lipinski definition) is 1. The molecule has 2 aromatic rings. The monoisotopic (exact) mass is 308 g/mol. The Morgan fingerprint density at radius 3 is 2.67 bits per heavy atom. The van der Waals surface area contributed by atoms with Crippen LogP contribution in [-0.4, -0.2) is 21.3 Å². The zero-order valence-corrected chi connectivity index (χ0v) is 12.5. The van der Waals surface area contributed by atoms with Crippen molar-refractivity contribution in [2.24, 2.45) is 0 Å². The van der Waals surface area contributed by atoms with Gasteiger partial charge in [-0.3, -0.25) is 0 Å². The van der Waals surface area contributed by atoms with Gasteiger partial charge in [0.1, 0.15) is 11.6 Å². The topological polar surface area (TPSA) is 42.7 Å². The molecule has 0 spiro atoms. The maximum atomic E-state index is 4.38. The van der Waals surface area contributed by atoms with E-state index in [2.05, 4.69) is 56.5 Å². The molecule has 5 heteroatoms. The molecular formula is C13H17BrN4. The molecule has 1 heterocycles. The second-order valence-corrected chi connectivity index (χ2v) is 5.03. The van der Waals surface area contributed by atoms with E-state index in [9.17, 15) is 0 Å². The first-order valence-electron chi connectivity index (χ1n) is 6.01. The zero-order chi connectivity index (χ0) is 13.1. The van der Waals surface area contributed by atoms with Crippen LogP contribution in [0.3, 0.4) is 0 Å². The molecule has 0 bridgehead atoms. The van der Waals surface area contributed by atoms with Crippen LogP contribution in [0, 0.1) is 13.8 Å². The molecule has 0 aliphatic rings. The third kappa shape index (κ3) is 2.79. The molecule has 0 saturated carbocycles. The molecule has 1 aromatic carbocycles. The number of hydrogen-bond acceptors (Lipinski definition) is 3. The largest absolute Gasteiger partial charge is 0.313 e. The van der Waals surface area contributed by atoms with Crippen molar-refractivity contribution in [2.75, 3.05) is 6.54 Å². The van der Waals surface area contributed by atoms with Gasteiger partial charge in [-0.25, -0.2) is 9.67 Å². The first kappa shape index (κ1) is 13.2. The summed E-state index contributed by atoms with van der Waals surface area (Å²) in [6, 6.07) is 6.25. The molecule has 4 nitrogen and oxygen atoms in total. The Bertz CT molecular complexity index is 548. The Morgan fingerprint density at radius 1 is 1.33 bits per heavy atom. The molecule has 0 amide bonds. The van der Waals surface area contributed by atoms with Gasteiger partial charge >= 0.3 is 0 Å². The predicted molar refractivity (Wildman–Crippen MR) is 75.9 cm³/mol. The van der Waals surface area contributed by atoms with Crippen molar-refractivity contribution >= 4 is 15.9 Å². The molecule has 1 aromatic heterocycles. The molecule has 0 radical (unpaired) electrons. The van der Waals surface area contributed by atoms with E-state index < -0.39 is 0 Å². The summed E-state index contributed by atoms with van der Waals surface area (Å²) in [5.41, 5.74) is 2.27. The summed E-state index contributed by atoms with van der Waals surface area (Å²) in [5.74, 6) is 1.69. The fourth-order valence-electron chi connectivity index (χ4n) is 1.84. The summed E-state index contributed by atoms with van der Waals surface area (Å²) in [5, 5.41) is 7.70. The maximum absolute atomic E-state index is 4.38. The molecule has 0 aliphatic heterocycles. The van der Waals surface area contributed by atoms with E-state index in [1.165, 1.54) is 5.56 Å². The second-order valence-electron chi connectivity index (χ2n) is 4.17. The van der Waals surface area contributed by atoms with Crippen molar-refractivity contribution in [3.8, 4) is 5.69 Å². The van der Waals surface area contributed by atoms with Gasteiger partial charge in [0, 0.05) is 11.0 Å². The Morgan fingerprint density at radius 2 is 2.11 bits per heavy atom. The molecule has 0 atom stereocenters. The van der Waals surface area contributed by atoms with Crippen molar-refractivity contribution in [3.63, 3.8) is 0 Å². The Labute approximate surface area is 116 Å². The van der Waals surface area contributed by atoms with Crippen LogP contribution >= 0.6 is 15.9 Å². The summed E-state index contributed by atoms with van der Waals surface area (Å²) in [6.45, 7) is 7.80. The number of benzene rings is 1. The first-order valence-corrected chi connectivity index (χ1v) is 6.81. The number of halogens is 1. The second kappa shape index (κ2) is 5.63. The lowest BCUT2D eigenvalue weighted by atomic mass is 10.2. The third-order valence-electron chi connectivity index (χ3n) is 2.72. The minimum absolute atomic E-state index is 0.792. The van der Waals surface area contributed by atoms with E-state index in [-0.39, 0.29) is 0 Å². The Balaban J connectivity index is 2.31. The molecule has 0 saturated heterocycles. The molecule has 0 aliphatic carbocycles. The lowest BCUT2D eigenvalue weighted by molar-refractivity contribution is 0.724. The number of rotatable bonds is 4. The van der Waals surface area contributed by atoms with E-state index in [0.717, 1.165) is 34.9 Å². The highest BCUT2D eigenvalue weighted by Crippen LogP contribution is 2.21. The van der Waals surface area contributed by atoms with Crippen molar-refractivity contribution in [1.82, 2.24) is 20.1 Å². The highest BCUT2D eigenvalue weighted by atomic mass is 79.9. The molecule has 1 N–H and O–H groups in total. The number of aromatic nitrogens is 3. The van der Waals surface area contributed by atoms with Gasteiger partial charge in [-0.1, -0.05) is 28.9 Å². The van der Waals surface area contributed by atoms with Crippen LogP contribution in [0.15, 0.2) is 22.7 Å². The van der Waals surface area contributed by atoms with Gasteiger partial charge in [-0.05, 0) is 38.1 Å². The van der Waals surface area contributed by atoms with Gasteiger partial charge in [0.05, 0.1) is 5.69 Å². The minimum Gasteiger partial charge on any atom is -0.313 e.